The molecule has 0 heterocycles. The van der Waals surface area contributed by atoms with Gasteiger partial charge in [0.1, 0.15) is 17.7 Å². The maximum Gasteiger partial charge on any atom is 0.162 e. The highest BCUT2D eigenvalue weighted by atomic mass is 19.1. The zero-order chi connectivity index (χ0) is 13.8. The fourth-order valence-electron chi connectivity index (χ4n) is 1.85. The Kier molecular flexibility index (Phi) is 3.95. The van der Waals surface area contributed by atoms with Crippen LogP contribution in [0, 0.1) is 5.82 Å². The molecule has 1 atom stereocenters. The first-order valence-corrected chi connectivity index (χ1v) is 6.10. The molecule has 0 aliphatic carbocycles. The van der Waals surface area contributed by atoms with Crippen molar-refractivity contribution in [2.75, 3.05) is 0 Å². The van der Waals surface area contributed by atoms with Crippen LogP contribution in [-0.4, -0.2) is 5.78 Å². The van der Waals surface area contributed by atoms with Gasteiger partial charge in [-0.25, -0.2) is 4.39 Å². The molecule has 0 spiro atoms. The number of ketones is 1. The van der Waals surface area contributed by atoms with E-state index in [1.54, 1.807) is 6.07 Å². The van der Waals surface area contributed by atoms with Crippen molar-refractivity contribution in [2.45, 2.75) is 20.0 Å². The summed E-state index contributed by atoms with van der Waals surface area (Å²) in [7, 11) is 0. The molecular weight excluding hydrogens is 243 g/mol. The van der Waals surface area contributed by atoms with E-state index in [1.165, 1.54) is 19.1 Å². The molecule has 0 saturated carbocycles. The lowest BCUT2D eigenvalue weighted by Gasteiger charge is -2.15. The van der Waals surface area contributed by atoms with Crippen LogP contribution >= 0.6 is 0 Å². The van der Waals surface area contributed by atoms with Crippen LogP contribution < -0.4 is 4.74 Å². The van der Waals surface area contributed by atoms with E-state index in [2.05, 4.69) is 0 Å². The van der Waals surface area contributed by atoms with Crippen molar-refractivity contribution in [3.05, 3.63) is 65.5 Å². The number of benzene rings is 2. The first kappa shape index (κ1) is 13.3. The molecule has 0 aliphatic heterocycles. The van der Waals surface area contributed by atoms with Gasteiger partial charge >= 0.3 is 0 Å². The minimum Gasteiger partial charge on any atom is -0.486 e. The van der Waals surface area contributed by atoms with E-state index < -0.39 is 5.82 Å². The predicted molar refractivity (Wildman–Crippen MR) is 71.9 cm³/mol. The van der Waals surface area contributed by atoms with E-state index in [1.807, 2.05) is 37.3 Å². The van der Waals surface area contributed by atoms with Crippen LogP contribution in [-0.2, 0) is 0 Å². The quantitative estimate of drug-likeness (QED) is 0.769. The van der Waals surface area contributed by atoms with Gasteiger partial charge in [0, 0.05) is 6.07 Å². The van der Waals surface area contributed by atoms with Crippen LogP contribution in [0.25, 0.3) is 0 Å². The summed E-state index contributed by atoms with van der Waals surface area (Å²) >= 11 is 0. The topological polar surface area (TPSA) is 26.3 Å². The summed E-state index contributed by atoms with van der Waals surface area (Å²) < 4.78 is 19.3. The molecule has 0 N–H and O–H groups in total. The molecule has 3 heteroatoms. The van der Waals surface area contributed by atoms with Crippen molar-refractivity contribution in [3.63, 3.8) is 0 Å². The number of carbonyl (C=O) groups excluding carboxylic acids is 1. The SMILES string of the molecule is CC(=O)c1ccc(OC(C)c2ccccc2)cc1F. The largest absolute Gasteiger partial charge is 0.486 e. The van der Waals surface area contributed by atoms with Gasteiger partial charge in [0.2, 0.25) is 0 Å². The van der Waals surface area contributed by atoms with Crippen LogP contribution in [0.5, 0.6) is 5.75 Å². The fourth-order valence-corrected chi connectivity index (χ4v) is 1.85. The summed E-state index contributed by atoms with van der Waals surface area (Å²) in [6, 6.07) is 14.0. The summed E-state index contributed by atoms with van der Waals surface area (Å²) in [5, 5.41) is 0. The molecular formula is C16H15FO2. The van der Waals surface area contributed by atoms with Gasteiger partial charge in [0.25, 0.3) is 0 Å². The standard InChI is InChI=1S/C16H15FO2/c1-11(18)15-9-8-14(10-16(15)17)19-12(2)13-6-4-3-5-7-13/h3-10,12H,1-2H3. The van der Waals surface area contributed by atoms with E-state index in [0.29, 0.717) is 5.75 Å². The van der Waals surface area contributed by atoms with Gasteiger partial charge in [-0.2, -0.15) is 0 Å². The van der Waals surface area contributed by atoms with Gasteiger partial charge in [0.05, 0.1) is 5.56 Å². The summed E-state index contributed by atoms with van der Waals surface area (Å²) in [6.07, 6.45) is -0.177. The predicted octanol–water partition coefficient (Wildman–Crippen LogP) is 4.17. The van der Waals surface area contributed by atoms with E-state index >= 15 is 0 Å². The van der Waals surface area contributed by atoms with E-state index in [9.17, 15) is 9.18 Å². The molecule has 0 fully saturated rings. The minimum absolute atomic E-state index is 0.0831. The first-order chi connectivity index (χ1) is 9.08. The second kappa shape index (κ2) is 5.65. The Labute approximate surface area is 111 Å². The van der Waals surface area contributed by atoms with Gasteiger partial charge in [0.15, 0.2) is 5.78 Å². The Morgan fingerprint density at radius 3 is 2.42 bits per heavy atom. The first-order valence-electron chi connectivity index (χ1n) is 6.10. The summed E-state index contributed by atoms with van der Waals surface area (Å²) in [5.41, 5.74) is 1.10. The molecule has 0 amide bonds. The van der Waals surface area contributed by atoms with Gasteiger partial charge in [-0.05, 0) is 31.5 Å². The number of hydrogen-bond donors (Lipinski definition) is 0. The Hall–Kier alpha value is -2.16. The summed E-state index contributed by atoms with van der Waals surface area (Å²) in [4.78, 5) is 11.1. The van der Waals surface area contributed by atoms with Crippen LogP contribution in [0.15, 0.2) is 48.5 Å². The molecule has 0 aromatic heterocycles. The number of carbonyl (C=O) groups is 1. The number of Topliss-reactive ketones (excluding diaryl/α,β-unsaturated/α-hetero) is 1. The number of rotatable bonds is 4. The van der Waals surface area contributed by atoms with Crippen LogP contribution in [0.1, 0.15) is 35.9 Å². The van der Waals surface area contributed by atoms with Crippen LogP contribution in [0.2, 0.25) is 0 Å². The Morgan fingerprint density at radius 1 is 1.16 bits per heavy atom. The maximum atomic E-state index is 13.7. The maximum absolute atomic E-state index is 13.7. The zero-order valence-corrected chi connectivity index (χ0v) is 10.9. The van der Waals surface area contributed by atoms with Crippen LogP contribution in [0.3, 0.4) is 0 Å². The highest BCUT2D eigenvalue weighted by Gasteiger charge is 2.11. The Bertz CT molecular complexity index is 579. The molecule has 2 aromatic rings. The average Bonchev–Trinajstić information content (AvgIpc) is 2.39. The molecule has 2 nitrogen and oxygen atoms in total. The van der Waals surface area contributed by atoms with E-state index in [4.69, 9.17) is 4.74 Å². The molecule has 0 bridgehead atoms. The van der Waals surface area contributed by atoms with E-state index in [-0.39, 0.29) is 17.5 Å². The smallest absolute Gasteiger partial charge is 0.162 e. The third-order valence-corrected chi connectivity index (χ3v) is 2.90. The lowest BCUT2D eigenvalue weighted by molar-refractivity contribution is 0.101. The molecule has 98 valence electrons. The van der Waals surface area contributed by atoms with Gasteiger partial charge in [-0.15, -0.1) is 0 Å². The molecule has 0 aliphatic rings. The fraction of sp³-hybridized carbons (Fsp3) is 0.188. The second-order valence-corrected chi connectivity index (χ2v) is 4.37. The van der Waals surface area contributed by atoms with Crippen molar-refractivity contribution in [1.82, 2.24) is 0 Å². The average molecular weight is 258 g/mol. The van der Waals surface area contributed by atoms with Crippen molar-refractivity contribution in [1.29, 1.82) is 0 Å². The third-order valence-electron chi connectivity index (χ3n) is 2.90. The Morgan fingerprint density at radius 2 is 1.84 bits per heavy atom. The second-order valence-electron chi connectivity index (χ2n) is 4.37. The molecule has 19 heavy (non-hydrogen) atoms. The molecule has 2 aromatic carbocycles. The Balaban J connectivity index is 2.16. The normalized spacial score (nSPS) is 11.9. The van der Waals surface area contributed by atoms with Crippen molar-refractivity contribution >= 4 is 5.78 Å². The van der Waals surface area contributed by atoms with E-state index in [0.717, 1.165) is 5.56 Å². The lowest BCUT2D eigenvalue weighted by atomic mass is 10.1. The molecule has 2 rings (SSSR count). The highest BCUT2D eigenvalue weighted by Crippen LogP contribution is 2.23. The molecule has 0 radical (unpaired) electrons. The molecule has 1 unspecified atom stereocenters. The number of ether oxygens (including phenoxy) is 1. The lowest BCUT2D eigenvalue weighted by Crippen LogP contribution is -2.04. The van der Waals surface area contributed by atoms with Crippen molar-refractivity contribution in [3.8, 4) is 5.75 Å². The van der Waals surface area contributed by atoms with Gasteiger partial charge < -0.3 is 4.74 Å². The van der Waals surface area contributed by atoms with Crippen molar-refractivity contribution in [2.24, 2.45) is 0 Å². The van der Waals surface area contributed by atoms with Gasteiger partial charge in [-0.3, -0.25) is 4.79 Å². The number of halogens is 1. The molecule has 0 saturated heterocycles. The summed E-state index contributed by atoms with van der Waals surface area (Å²) in [5.74, 6) is -0.427. The summed E-state index contributed by atoms with van der Waals surface area (Å²) in [6.45, 7) is 3.23. The monoisotopic (exact) mass is 258 g/mol. The number of hydrogen-bond acceptors (Lipinski definition) is 2. The third kappa shape index (κ3) is 3.19. The van der Waals surface area contributed by atoms with Crippen molar-refractivity contribution < 1.29 is 13.9 Å². The minimum atomic E-state index is -0.551. The van der Waals surface area contributed by atoms with Gasteiger partial charge in [-0.1, -0.05) is 30.3 Å². The highest BCUT2D eigenvalue weighted by molar-refractivity contribution is 5.94. The van der Waals surface area contributed by atoms with Crippen LogP contribution in [0.4, 0.5) is 4.39 Å². The zero-order valence-electron chi connectivity index (χ0n) is 10.9.